The minimum absolute atomic E-state index is 0.138. The molecule has 1 saturated carbocycles. The fourth-order valence-electron chi connectivity index (χ4n) is 5.93. The highest BCUT2D eigenvalue weighted by molar-refractivity contribution is 5.85. The molecular formula is C28H35FO. The van der Waals surface area contributed by atoms with Crippen molar-refractivity contribution in [1.29, 1.82) is 0 Å². The zero-order valence-electron chi connectivity index (χ0n) is 19.3. The van der Waals surface area contributed by atoms with E-state index in [-0.39, 0.29) is 11.2 Å². The maximum Gasteiger partial charge on any atom is 0.131 e. The summed E-state index contributed by atoms with van der Waals surface area (Å²) in [6, 6.07) is 11.7. The summed E-state index contributed by atoms with van der Waals surface area (Å²) < 4.78 is 20.4. The second-order valence-corrected chi connectivity index (χ2v) is 10.8. The van der Waals surface area contributed by atoms with Crippen LogP contribution in [0, 0.1) is 28.5 Å². The van der Waals surface area contributed by atoms with E-state index in [1.807, 2.05) is 6.07 Å². The van der Waals surface area contributed by atoms with Gasteiger partial charge in [-0.2, -0.15) is 0 Å². The van der Waals surface area contributed by atoms with Crippen LogP contribution in [-0.2, 0) is 6.42 Å². The first kappa shape index (κ1) is 21.2. The van der Waals surface area contributed by atoms with Gasteiger partial charge in [0.1, 0.15) is 11.6 Å². The van der Waals surface area contributed by atoms with Gasteiger partial charge in [0.15, 0.2) is 0 Å². The lowest BCUT2D eigenvalue weighted by molar-refractivity contribution is 0.0823. The molecule has 2 unspecified atom stereocenters. The zero-order valence-corrected chi connectivity index (χ0v) is 19.3. The largest absolute Gasteiger partial charge is 0.497 e. The summed E-state index contributed by atoms with van der Waals surface area (Å²) in [5, 5.41) is 0. The molecular weight excluding hydrogens is 371 g/mol. The number of rotatable bonds is 5. The Morgan fingerprint density at radius 3 is 2.43 bits per heavy atom. The van der Waals surface area contributed by atoms with Crippen molar-refractivity contribution >= 4 is 5.57 Å². The summed E-state index contributed by atoms with van der Waals surface area (Å²) in [5.74, 6) is 1.67. The molecule has 0 heterocycles. The fourth-order valence-corrected chi connectivity index (χ4v) is 5.93. The number of benzene rings is 2. The van der Waals surface area contributed by atoms with Crippen molar-refractivity contribution in [2.45, 2.75) is 60.3 Å². The number of halogens is 1. The Kier molecular flexibility index (Phi) is 5.33. The fraction of sp³-hybridized carbons (Fsp3) is 0.500. The molecule has 2 aromatic carbocycles. The van der Waals surface area contributed by atoms with Gasteiger partial charge in [0.2, 0.25) is 0 Å². The Labute approximate surface area is 181 Å². The highest BCUT2D eigenvalue weighted by atomic mass is 19.1. The monoisotopic (exact) mass is 406 g/mol. The van der Waals surface area contributed by atoms with Crippen LogP contribution < -0.4 is 4.74 Å². The molecule has 3 aliphatic rings. The number of methoxy groups -OCH3 is 1. The maximum atomic E-state index is 15.0. The Bertz CT molecular complexity index is 984. The Balaban J connectivity index is 1.92. The van der Waals surface area contributed by atoms with Crippen LogP contribution in [0.2, 0.25) is 0 Å². The first-order chi connectivity index (χ1) is 14.1. The van der Waals surface area contributed by atoms with Crippen LogP contribution in [0.4, 0.5) is 4.39 Å². The van der Waals surface area contributed by atoms with E-state index in [0.717, 1.165) is 12.0 Å². The minimum atomic E-state index is -0.194. The Morgan fingerprint density at radius 2 is 1.80 bits per heavy atom. The molecule has 1 nitrogen and oxygen atoms in total. The molecule has 1 fully saturated rings. The maximum absolute atomic E-state index is 15.0. The van der Waals surface area contributed by atoms with Gasteiger partial charge in [-0.15, -0.1) is 0 Å². The molecule has 160 valence electrons. The molecule has 2 heteroatoms. The highest BCUT2D eigenvalue weighted by Gasteiger charge is 2.48. The Hall–Kier alpha value is -2.09. The van der Waals surface area contributed by atoms with E-state index in [2.05, 4.69) is 58.9 Å². The molecule has 5 rings (SSSR count). The topological polar surface area (TPSA) is 9.23 Å². The molecule has 2 aromatic rings. The van der Waals surface area contributed by atoms with E-state index in [4.69, 9.17) is 4.74 Å². The van der Waals surface area contributed by atoms with Crippen LogP contribution >= 0.6 is 0 Å². The summed E-state index contributed by atoms with van der Waals surface area (Å²) in [6.45, 7) is 11.7. The SMILES string of the molecule is COc1ccc(F)c(-c2ccc(CC(C)C)cc2C2=CC3CCC2(C)CC3(C)C)c1. The second kappa shape index (κ2) is 7.55. The van der Waals surface area contributed by atoms with Crippen molar-refractivity contribution in [1.82, 2.24) is 0 Å². The van der Waals surface area contributed by atoms with Crippen LogP contribution in [0.15, 0.2) is 42.5 Å². The van der Waals surface area contributed by atoms with Crippen LogP contribution in [0.1, 0.15) is 65.0 Å². The predicted molar refractivity (Wildman–Crippen MR) is 124 cm³/mol. The molecule has 0 spiro atoms. The normalized spacial score (nSPS) is 24.8. The lowest BCUT2D eigenvalue weighted by Crippen LogP contribution is -2.42. The number of fused-ring (bicyclic) bond motifs is 2. The Morgan fingerprint density at radius 1 is 1.03 bits per heavy atom. The number of ether oxygens (including phenoxy) is 1. The number of hydrogen-bond acceptors (Lipinski definition) is 1. The highest BCUT2D eigenvalue weighted by Crippen LogP contribution is 2.61. The smallest absolute Gasteiger partial charge is 0.131 e. The van der Waals surface area contributed by atoms with Crippen molar-refractivity contribution < 1.29 is 9.13 Å². The molecule has 2 atom stereocenters. The van der Waals surface area contributed by atoms with Crippen molar-refractivity contribution in [3.8, 4) is 16.9 Å². The number of hydrogen-bond donors (Lipinski definition) is 0. The zero-order chi connectivity index (χ0) is 21.7. The van der Waals surface area contributed by atoms with Crippen molar-refractivity contribution in [2.75, 3.05) is 7.11 Å². The van der Waals surface area contributed by atoms with E-state index < -0.39 is 0 Å². The third-order valence-electron chi connectivity index (χ3n) is 7.36. The third-order valence-corrected chi connectivity index (χ3v) is 7.36. The average Bonchev–Trinajstić information content (AvgIpc) is 2.67. The molecule has 0 radical (unpaired) electrons. The number of allylic oxidation sites excluding steroid dienone is 2. The van der Waals surface area contributed by atoms with Gasteiger partial charge in [-0.25, -0.2) is 4.39 Å². The summed E-state index contributed by atoms with van der Waals surface area (Å²) in [5.41, 5.74) is 6.04. The molecule has 0 saturated heterocycles. The van der Waals surface area contributed by atoms with Gasteiger partial charge >= 0.3 is 0 Å². The lowest BCUT2D eigenvalue weighted by atomic mass is 9.51. The quantitative estimate of drug-likeness (QED) is 0.490. The van der Waals surface area contributed by atoms with Crippen LogP contribution in [0.3, 0.4) is 0 Å². The molecule has 3 aliphatic carbocycles. The van der Waals surface area contributed by atoms with Gasteiger partial charge < -0.3 is 4.74 Å². The summed E-state index contributed by atoms with van der Waals surface area (Å²) in [7, 11) is 1.63. The molecule has 2 bridgehead atoms. The van der Waals surface area contributed by atoms with Gasteiger partial charge in [-0.3, -0.25) is 0 Å². The van der Waals surface area contributed by atoms with E-state index in [0.29, 0.717) is 28.6 Å². The molecule has 30 heavy (non-hydrogen) atoms. The van der Waals surface area contributed by atoms with Crippen molar-refractivity contribution in [3.63, 3.8) is 0 Å². The van der Waals surface area contributed by atoms with Gasteiger partial charge in [0.25, 0.3) is 0 Å². The van der Waals surface area contributed by atoms with E-state index >= 15 is 0 Å². The predicted octanol–water partition coefficient (Wildman–Crippen LogP) is 7.93. The lowest BCUT2D eigenvalue weighted by Gasteiger charge is -2.53. The second-order valence-electron chi connectivity index (χ2n) is 10.8. The summed E-state index contributed by atoms with van der Waals surface area (Å²) in [4.78, 5) is 0. The van der Waals surface area contributed by atoms with E-state index in [1.165, 1.54) is 42.0 Å². The van der Waals surface area contributed by atoms with Gasteiger partial charge in [-0.1, -0.05) is 58.9 Å². The van der Waals surface area contributed by atoms with Crippen LogP contribution in [-0.4, -0.2) is 7.11 Å². The molecule has 0 aromatic heterocycles. The minimum Gasteiger partial charge on any atom is -0.497 e. The van der Waals surface area contributed by atoms with Gasteiger partial charge in [-0.05, 0) is 88.8 Å². The first-order valence-electron chi connectivity index (χ1n) is 11.3. The van der Waals surface area contributed by atoms with Gasteiger partial charge in [0.05, 0.1) is 7.11 Å². The standard InChI is InChI=1S/C28H35FO/c1-18(2)13-19-7-9-22(24-16-21(30-6)8-10-26(24)29)23(14-19)25-15-20-11-12-28(25,5)17-27(20,3)4/h7-10,14-16,18,20H,11-13,17H2,1-6H3. The van der Waals surface area contributed by atoms with Crippen molar-refractivity contribution in [3.05, 3.63) is 59.4 Å². The van der Waals surface area contributed by atoms with Gasteiger partial charge in [0, 0.05) is 5.56 Å². The van der Waals surface area contributed by atoms with Crippen LogP contribution in [0.25, 0.3) is 16.7 Å². The first-order valence-corrected chi connectivity index (χ1v) is 11.3. The molecule has 0 N–H and O–H groups in total. The third kappa shape index (κ3) is 3.70. The van der Waals surface area contributed by atoms with E-state index in [9.17, 15) is 4.39 Å². The summed E-state index contributed by atoms with van der Waals surface area (Å²) >= 11 is 0. The van der Waals surface area contributed by atoms with Crippen LogP contribution in [0.5, 0.6) is 5.75 Å². The summed E-state index contributed by atoms with van der Waals surface area (Å²) in [6.07, 6.45) is 7.20. The molecule has 0 aliphatic heterocycles. The molecule has 0 amide bonds. The van der Waals surface area contributed by atoms with Crippen molar-refractivity contribution in [2.24, 2.45) is 22.7 Å². The van der Waals surface area contributed by atoms with E-state index in [1.54, 1.807) is 13.2 Å². The average molecular weight is 407 g/mol.